The summed E-state index contributed by atoms with van der Waals surface area (Å²) in [5, 5.41) is 6.96. The first-order valence-electron chi connectivity index (χ1n) is 10.1. The van der Waals surface area contributed by atoms with Gasteiger partial charge in [-0.1, -0.05) is 24.1 Å². The number of nitrogens with one attached hydrogen (secondary N) is 2. The van der Waals surface area contributed by atoms with Gasteiger partial charge in [0.05, 0.1) is 5.69 Å². The maximum atomic E-state index is 11.6. The minimum atomic E-state index is -0.160. The molecule has 1 aliphatic carbocycles. The third-order valence-corrected chi connectivity index (χ3v) is 6.33. The number of aromatic nitrogens is 3. The van der Waals surface area contributed by atoms with Crippen molar-refractivity contribution in [1.82, 2.24) is 15.0 Å². The Morgan fingerprint density at radius 1 is 1.32 bits per heavy atom. The van der Waals surface area contributed by atoms with E-state index in [0.717, 1.165) is 42.6 Å². The van der Waals surface area contributed by atoms with Crippen molar-refractivity contribution < 1.29 is 0 Å². The number of aromatic amines is 1. The SMILES string of the molecule is NC(N)=Nc1nc(C2CCCC(Nc3cc(Cl)ccc3Cc3nccc(=O)[nH]3)C2)cs1. The predicted octanol–water partition coefficient (Wildman–Crippen LogP) is 3.51. The Kier molecular flexibility index (Phi) is 6.53. The van der Waals surface area contributed by atoms with Gasteiger partial charge in [0.1, 0.15) is 5.82 Å². The summed E-state index contributed by atoms with van der Waals surface area (Å²) in [5.41, 5.74) is 13.8. The Balaban J connectivity index is 1.49. The van der Waals surface area contributed by atoms with E-state index in [9.17, 15) is 4.79 Å². The fraction of sp³-hybridized carbons (Fsp3) is 0.333. The van der Waals surface area contributed by atoms with Crippen molar-refractivity contribution in [3.8, 4) is 0 Å². The number of halogens is 1. The Labute approximate surface area is 188 Å². The van der Waals surface area contributed by atoms with Crippen molar-refractivity contribution in [1.29, 1.82) is 0 Å². The summed E-state index contributed by atoms with van der Waals surface area (Å²) in [4.78, 5) is 27.3. The molecule has 8 nitrogen and oxygen atoms in total. The van der Waals surface area contributed by atoms with Gasteiger partial charge >= 0.3 is 0 Å². The zero-order valence-electron chi connectivity index (χ0n) is 16.8. The minimum Gasteiger partial charge on any atom is -0.382 e. The molecule has 6 N–H and O–H groups in total. The van der Waals surface area contributed by atoms with E-state index in [2.05, 4.69) is 25.3 Å². The molecule has 2 aromatic heterocycles. The first-order valence-corrected chi connectivity index (χ1v) is 11.4. The number of nitrogens with zero attached hydrogens (tertiary/aromatic N) is 3. The van der Waals surface area contributed by atoms with E-state index in [1.54, 1.807) is 0 Å². The largest absolute Gasteiger partial charge is 0.382 e. The lowest BCUT2D eigenvalue weighted by Gasteiger charge is -2.30. The van der Waals surface area contributed by atoms with Crippen LogP contribution in [0.25, 0.3) is 0 Å². The van der Waals surface area contributed by atoms with Crippen LogP contribution < -0.4 is 22.3 Å². The van der Waals surface area contributed by atoms with Crippen molar-refractivity contribution in [2.24, 2.45) is 16.5 Å². The van der Waals surface area contributed by atoms with Gasteiger partial charge in [0, 0.05) is 46.7 Å². The second-order valence-corrected chi connectivity index (χ2v) is 8.93. The molecule has 2 atom stereocenters. The first kappa shape index (κ1) is 21.3. The lowest BCUT2D eigenvalue weighted by atomic mass is 9.84. The van der Waals surface area contributed by atoms with Crippen molar-refractivity contribution in [2.45, 2.75) is 44.1 Å². The van der Waals surface area contributed by atoms with Crippen LogP contribution in [-0.2, 0) is 6.42 Å². The topological polar surface area (TPSA) is 135 Å². The molecule has 3 aromatic rings. The van der Waals surface area contributed by atoms with Crippen molar-refractivity contribution in [3.63, 3.8) is 0 Å². The summed E-state index contributed by atoms with van der Waals surface area (Å²) in [6, 6.07) is 7.45. The van der Waals surface area contributed by atoms with Crippen LogP contribution in [0, 0.1) is 0 Å². The summed E-state index contributed by atoms with van der Waals surface area (Å²) in [6.45, 7) is 0. The van der Waals surface area contributed by atoms with Crippen LogP contribution in [0.1, 0.15) is 48.7 Å². The molecule has 31 heavy (non-hydrogen) atoms. The van der Waals surface area contributed by atoms with Gasteiger partial charge in [-0.3, -0.25) is 4.79 Å². The monoisotopic (exact) mass is 457 g/mol. The molecule has 2 heterocycles. The Hall–Kier alpha value is -2.91. The van der Waals surface area contributed by atoms with E-state index in [4.69, 9.17) is 23.1 Å². The van der Waals surface area contributed by atoms with E-state index < -0.39 is 0 Å². The summed E-state index contributed by atoms with van der Waals surface area (Å²) in [6.07, 6.45) is 6.24. The molecule has 0 spiro atoms. The van der Waals surface area contributed by atoms with Crippen LogP contribution in [0.2, 0.25) is 5.02 Å². The van der Waals surface area contributed by atoms with E-state index in [1.807, 2.05) is 23.6 Å². The second kappa shape index (κ2) is 9.49. The molecule has 1 fully saturated rings. The molecule has 1 aromatic carbocycles. The highest BCUT2D eigenvalue weighted by Gasteiger charge is 2.25. The van der Waals surface area contributed by atoms with Gasteiger partial charge in [0.25, 0.3) is 5.56 Å². The Morgan fingerprint density at radius 3 is 3.00 bits per heavy atom. The quantitative estimate of drug-likeness (QED) is 0.330. The molecule has 0 aliphatic heterocycles. The summed E-state index contributed by atoms with van der Waals surface area (Å²) < 4.78 is 0. The number of thiazole rings is 1. The number of guanidine groups is 1. The van der Waals surface area contributed by atoms with Gasteiger partial charge in [-0.05, 0) is 37.0 Å². The maximum absolute atomic E-state index is 11.6. The van der Waals surface area contributed by atoms with E-state index >= 15 is 0 Å². The fourth-order valence-electron chi connectivity index (χ4n) is 3.95. The van der Waals surface area contributed by atoms with Crippen molar-refractivity contribution >= 4 is 39.7 Å². The summed E-state index contributed by atoms with van der Waals surface area (Å²) in [7, 11) is 0. The maximum Gasteiger partial charge on any atom is 0.250 e. The Morgan fingerprint density at radius 2 is 2.19 bits per heavy atom. The molecule has 2 unspecified atom stereocenters. The van der Waals surface area contributed by atoms with Gasteiger partial charge in [-0.15, -0.1) is 11.3 Å². The number of rotatable bonds is 6. The molecule has 4 rings (SSSR count). The number of H-pyrrole nitrogens is 1. The van der Waals surface area contributed by atoms with Gasteiger partial charge in [0.15, 0.2) is 5.96 Å². The zero-order chi connectivity index (χ0) is 21.8. The number of hydrogen-bond acceptors (Lipinski definition) is 6. The molecule has 162 valence electrons. The fourth-order valence-corrected chi connectivity index (χ4v) is 4.91. The predicted molar refractivity (Wildman–Crippen MR) is 125 cm³/mol. The normalized spacial score (nSPS) is 18.5. The van der Waals surface area contributed by atoms with Gasteiger partial charge in [-0.25, -0.2) is 9.97 Å². The van der Waals surface area contributed by atoms with E-state index in [-0.39, 0.29) is 17.6 Å². The molecule has 10 heteroatoms. The number of nitrogens with two attached hydrogens (primary N) is 2. The lowest BCUT2D eigenvalue weighted by molar-refractivity contribution is 0.406. The standard InChI is InChI=1S/C21H24ClN7OS/c22-14-5-4-13(9-18-25-7-6-19(30)28-18)16(10-14)26-15-3-1-2-12(8-15)17-11-31-21(27-17)29-20(23)24/h4-7,10-12,15,26H,1-3,8-9H2,(H,25,28,30)(H4,23,24,27,29). The minimum absolute atomic E-state index is 0.0202. The number of anilines is 1. The molecule has 0 saturated heterocycles. The number of aliphatic imine (C=N–C) groups is 1. The van der Waals surface area contributed by atoms with E-state index in [1.165, 1.54) is 23.6 Å². The average Bonchev–Trinajstić information content (AvgIpc) is 3.18. The molecular formula is C21H24ClN7OS. The van der Waals surface area contributed by atoms with Crippen LogP contribution in [-0.4, -0.2) is 27.0 Å². The van der Waals surface area contributed by atoms with Crippen molar-refractivity contribution in [3.05, 3.63) is 68.3 Å². The molecule has 1 aliphatic rings. The van der Waals surface area contributed by atoms with Gasteiger partial charge < -0.3 is 21.8 Å². The first-order chi connectivity index (χ1) is 15.0. The highest BCUT2D eigenvalue weighted by atomic mass is 35.5. The van der Waals surface area contributed by atoms with Crippen LogP contribution in [0.3, 0.4) is 0 Å². The van der Waals surface area contributed by atoms with Crippen LogP contribution in [0.15, 0.2) is 45.6 Å². The highest BCUT2D eigenvalue weighted by molar-refractivity contribution is 7.13. The molecule has 0 amide bonds. The Bertz CT molecular complexity index is 1140. The smallest absolute Gasteiger partial charge is 0.250 e. The third kappa shape index (κ3) is 5.62. The third-order valence-electron chi connectivity index (χ3n) is 5.34. The van der Waals surface area contributed by atoms with Crippen LogP contribution in [0.4, 0.5) is 10.8 Å². The van der Waals surface area contributed by atoms with Crippen LogP contribution >= 0.6 is 22.9 Å². The summed E-state index contributed by atoms with van der Waals surface area (Å²) in [5.74, 6) is 0.987. The lowest BCUT2D eigenvalue weighted by Crippen LogP contribution is -2.27. The number of hydrogen-bond donors (Lipinski definition) is 4. The van der Waals surface area contributed by atoms with Crippen LogP contribution in [0.5, 0.6) is 0 Å². The van der Waals surface area contributed by atoms with Crippen molar-refractivity contribution in [2.75, 3.05) is 5.32 Å². The zero-order valence-corrected chi connectivity index (χ0v) is 18.4. The average molecular weight is 458 g/mol. The van der Waals surface area contributed by atoms with Gasteiger partial charge in [-0.2, -0.15) is 4.99 Å². The molecule has 0 radical (unpaired) electrons. The molecule has 0 bridgehead atoms. The number of benzene rings is 1. The summed E-state index contributed by atoms with van der Waals surface area (Å²) >= 11 is 7.73. The molecular weight excluding hydrogens is 434 g/mol. The van der Waals surface area contributed by atoms with E-state index in [0.29, 0.717) is 28.3 Å². The second-order valence-electron chi connectivity index (χ2n) is 7.66. The highest BCUT2D eigenvalue weighted by Crippen LogP contribution is 2.36. The molecule has 1 saturated carbocycles. The van der Waals surface area contributed by atoms with Gasteiger partial charge in [0.2, 0.25) is 5.13 Å².